The van der Waals surface area contributed by atoms with Gasteiger partial charge in [0.2, 0.25) is 0 Å². The first-order valence-electron chi connectivity index (χ1n) is 7.21. The highest BCUT2D eigenvalue weighted by Crippen LogP contribution is 2.10. The topological polar surface area (TPSA) is 39.1 Å². The number of hydrogen-bond donors (Lipinski definition) is 1. The molecule has 0 fully saturated rings. The van der Waals surface area contributed by atoms with Crippen LogP contribution in [-0.4, -0.2) is 22.7 Å². The molecular weight excluding hydrogens is 250 g/mol. The normalized spacial score (nSPS) is 10.7. The molecule has 2 aromatic rings. The van der Waals surface area contributed by atoms with Gasteiger partial charge in [0.25, 0.3) is 0 Å². The van der Waals surface area contributed by atoms with E-state index in [1.807, 2.05) is 43.5 Å². The third kappa shape index (κ3) is 4.10. The molecule has 0 aliphatic heterocycles. The molecule has 0 saturated heterocycles. The molecule has 0 aliphatic rings. The van der Waals surface area contributed by atoms with Crippen LogP contribution in [0.25, 0.3) is 0 Å². The minimum absolute atomic E-state index is 0.724. The van der Waals surface area contributed by atoms with E-state index in [1.54, 1.807) is 0 Å². The van der Waals surface area contributed by atoms with E-state index in [0.29, 0.717) is 0 Å². The molecule has 4 heteroatoms. The maximum Gasteiger partial charge on any atom is 0.119 e. The predicted molar refractivity (Wildman–Crippen MR) is 80.9 cm³/mol. The van der Waals surface area contributed by atoms with Crippen LogP contribution in [-0.2, 0) is 13.1 Å². The third-order valence-corrected chi connectivity index (χ3v) is 3.23. The molecule has 0 unspecified atom stereocenters. The largest absolute Gasteiger partial charge is 0.494 e. The lowest BCUT2D eigenvalue weighted by molar-refractivity contribution is 0.300. The van der Waals surface area contributed by atoms with Crippen molar-refractivity contribution in [2.24, 2.45) is 0 Å². The number of hydrogen-bond acceptors (Lipinski definition) is 3. The molecule has 1 N–H and O–H groups in total. The number of nitrogens with zero attached hydrogens (tertiary/aromatic N) is 2. The zero-order chi connectivity index (χ0) is 14.2. The van der Waals surface area contributed by atoms with Crippen LogP contribution in [0.3, 0.4) is 0 Å². The Morgan fingerprint density at radius 3 is 2.80 bits per heavy atom. The Bertz CT molecular complexity index is 508. The van der Waals surface area contributed by atoms with Gasteiger partial charge < -0.3 is 14.6 Å². The van der Waals surface area contributed by atoms with Gasteiger partial charge in [-0.05, 0) is 32.0 Å². The van der Waals surface area contributed by atoms with Crippen LogP contribution in [0, 0.1) is 6.92 Å². The van der Waals surface area contributed by atoms with E-state index in [9.17, 15) is 0 Å². The molecule has 0 bridgehead atoms. The Kier molecular flexibility index (Phi) is 5.62. The van der Waals surface area contributed by atoms with Crippen LogP contribution >= 0.6 is 0 Å². The monoisotopic (exact) mass is 273 g/mol. The second-order valence-corrected chi connectivity index (χ2v) is 4.74. The van der Waals surface area contributed by atoms with Crippen molar-refractivity contribution in [2.45, 2.75) is 33.4 Å². The Morgan fingerprint density at radius 2 is 2.05 bits per heavy atom. The summed E-state index contributed by atoms with van der Waals surface area (Å²) >= 11 is 0. The molecule has 0 atom stereocenters. The van der Waals surface area contributed by atoms with Gasteiger partial charge in [0.05, 0.1) is 12.3 Å². The van der Waals surface area contributed by atoms with E-state index < -0.39 is 0 Å². The van der Waals surface area contributed by atoms with Crippen molar-refractivity contribution in [3.05, 3.63) is 48.0 Å². The summed E-state index contributed by atoms with van der Waals surface area (Å²) in [6.45, 7) is 7.68. The zero-order valence-corrected chi connectivity index (χ0v) is 12.3. The van der Waals surface area contributed by atoms with Gasteiger partial charge in [0.15, 0.2) is 0 Å². The van der Waals surface area contributed by atoms with Crippen LogP contribution in [0.1, 0.15) is 24.9 Å². The van der Waals surface area contributed by atoms with E-state index in [1.165, 1.54) is 5.69 Å². The molecule has 0 amide bonds. The second kappa shape index (κ2) is 7.70. The number of rotatable bonds is 8. The Balaban J connectivity index is 1.80. The molecule has 2 rings (SSSR count). The summed E-state index contributed by atoms with van der Waals surface area (Å²) in [6.07, 6.45) is 2.93. The van der Waals surface area contributed by atoms with Gasteiger partial charge >= 0.3 is 0 Å². The van der Waals surface area contributed by atoms with Gasteiger partial charge in [0.1, 0.15) is 11.6 Å². The number of aryl methyl sites for hydroxylation is 1. The van der Waals surface area contributed by atoms with Crippen molar-refractivity contribution in [1.82, 2.24) is 14.9 Å². The lowest BCUT2D eigenvalue weighted by atomic mass is 10.3. The molecule has 0 radical (unpaired) electrons. The van der Waals surface area contributed by atoms with Crippen molar-refractivity contribution in [1.29, 1.82) is 0 Å². The lowest BCUT2D eigenvalue weighted by Gasteiger charge is -2.11. The first-order chi connectivity index (χ1) is 9.81. The van der Waals surface area contributed by atoms with Crippen LogP contribution in [0.2, 0.25) is 0 Å². The number of ether oxygens (including phenoxy) is 1. The quantitative estimate of drug-likeness (QED) is 0.752. The van der Waals surface area contributed by atoms with E-state index in [-0.39, 0.29) is 0 Å². The molecule has 1 aromatic carbocycles. The minimum atomic E-state index is 0.724. The van der Waals surface area contributed by atoms with Crippen LogP contribution < -0.4 is 10.1 Å². The molecule has 0 aliphatic carbocycles. The molecule has 0 spiro atoms. The SMILES string of the molecule is CCNCc1cnc(C)n1CCCOc1ccccc1. The molecule has 0 saturated carbocycles. The lowest BCUT2D eigenvalue weighted by Crippen LogP contribution is -2.16. The molecule has 108 valence electrons. The van der Waals surface area contributed by atoms with E-state index in [4.69, 9.17) is 4.74 Å². The molecule has 20 heavy (non-hydrogen) atoms. The highest BCUT2D eigenvalue weighted by molar-refractivity contribution is 5.20. The molecule has 1 aromatic heterocycles. The molecule has 4 nitrogen and oxygen atoms in total. The third-order valence-electron chi connectivity index (χ3n) is 3.23. The van der Waals surface area contributed by atoms with Crippen molar-refractivity contribution in [2.75, 3.05) is 13.2 Å². The smallest absolute Gasteiger partial charge is 0.119 e. The average molecular weight is 273 g/mol. The van der Waals surface area contributed by atoms with Gasteiger partial charge in [-0.3, -0.25) is 0 Å². The van der Waals surface area contributed by atoms with Crippen LogP contribution in [0.5, 0.6) is 5.75 Å². The van der Waals surface area contributed by atoms with Crippen molar-refractivity contribution in [3.63, 3.8) is 0 Å². The van der Waals surface area contributed by atoms with Crippen molar-refractivity contribution >= 4 is 0 Å². The number of nitrogens with one attached hydrogen (secondary N) is 1. The standard InChI is InChI=1S/C16H23N3O/c1-3-17-12-15-13-18-14(2)19(15)10-7-11-20-16-8-5-4-6-9-16/h4-6,8-9,13,17H,3,7,10-12H2,1-2H3. The molecule has 1 heterocycles. The highest BCUT2D eigenvalue weighted by atomic mass is 16.5. The van der Waals surface area contributed by atoms with Crippen molar-refractivity contribution < 1.29 is 4.74 Å². The Hall–Kier alpha value is -1.81. The number of imidazole rings is 1. The summed E-state index contributed by atoms with van der Waals surface area (Å²) in [4.78, 5) is 4.39. The summed E-state index contributed by atoms with van der Waals surface area (Å²) in [5.74, 6) is 2.00. The Morgan fingerprint density at radius 1 is 1.25 bits per heavy atom. The van der Waals surface area contributed by atoms with Crippen LogP contribution in [0.4, 0.5) is 0 Å². The van der Waals surface area contributed by atoms with Gasteiger partial charge in [-0.25, -0.2) is 4.98 Å². The fourth-order valence-electron chi connectivity index (χ4n) is 2.14. The summed E-state index contributed by atoms with van der Waals surface area (Å²) in [7, 11) is 0. The number of benzene rings is 1. The highest BCUT2D eigenvalue weighted by Gasteiger charge is 2.05. The predicted octanol–water partition coefficient (Wildman–Crippen LogP) is 2.77. The second-order valence-electron chi connectivity index (χ2n) is 4.74. The average Bonchev–Trinajstić information content (AvgIpc) is 2.83. The summed E-state index contributed by atoms with van der Waals surface area (Å²) in [5, 5.41) is 3.34. The Labute approximate surface area is 120 Å². The van der Waals surface area contributed by atoms with E-state index in [0.717, 1.165) is 44.2 Å². The van der Waals surface area contributed by atoms with E-state index >= 15 is 0 Å². The first-order valence-corrected chi connectivity index (χ1v) is 7.21. The fraction of sp³-hybridized carbons (Fsp3) is 0.438. The van der Waals surface area contributed by atoms with Crippen LogP contribution in [0.15, 0.2) is 36.5 Å². The molecular formula is C16H23N3O. The maximum absolute atomic E-state index is 5.72. The number of para-hydroxylation sites is 1. The van der Waals surface area contributed by atoms with Gasteiger partial charge in [-0.1, -0.05) is 25.1 Å². The maximum atomic E-state index is 5.72. The first kappa shape index (κ1) is 14.6. The van der Waals surface area contributed by atoms with Gasteiger partial charge in [-0.15, -0.1) is 0 Å². The summed E-state index contributed by atoms with van der Waals surface area (Å²) in [5.41, 5.74) is 1.24. The fourth-order valence-corrected chi connectivity index (χ4v) is 2.14. The summed E-state index contributed by atoms with van der Waals surface area (Å²) < 4.78 is 7.98. The van der Waals surface area contributed by atoms with E-state index in [2.05, 4.69) is 21.8 Å². The van der Waals surface area contributed by atoms with Gasteiger partial charge in [0, 0.05) is 19.3 Å². The van der Waals surface area contributed by atoms with Crippen molar-refractivity contribution in [3.8, 4) is 5.75 Å². The zero-order valence-electron chi connectivity index (χ0n) is 12.3. The summed E-state index contributed by atoms with van der Waals surface area (Å²) in [6, 6.07) is 9.95. The number of aromatic nitrogens is 2. The minimum Gasteiger partial charge on any atom is -0.494 e. The van der Waals surface area contributed by atoms with Gasteiger partial charge in [-0.2, -0.15) is 0 Å².